The second-order valence-corrected chi connectivity index (χ2v) is 6.06. The number of amides is 2. The second-order valence-electron chi connectivity index (χ2n) is 6.06. The zero-order valence-corrected chi connectivity index (χ0v) is 15.2. The number of benzene rings is 1. The molecule has 2 aromatic heterocycles. The monoisotopic (exact) mass is 374 g/mol. The first kappa shape index (κ1) is 18.9. The van der Waals surface area contributed by atoms with E-state index in [9.17, 15) is 14.4 Å². The van der Waals surface area contributed by atoms with Crippen LogP contribution in [0, 0.1) is 0 Å². The minimum atomic E-state index is -0.468. The number of nitrogens with zero attached hydrogens (tertiary/aromatic N) is 2. The molecule has 0 saturated carbocycles. The Labute approximate surface area is 161 Å². The Morgan fingerprint density at radius 3 is 2.43 bits per heavy atom. The highest BCUT2D eigenvalue weighted by molar-refractivity contribution is 6.05. The van der Waals surface area contributed by atoms with Crippen LogP contribution in [-0.2, 0) is 6.54 Å². The van der Waals surface area contributed by atoms with Crippen molar-refractivity contribution in [1.82, 2.24) is 15.3 Å². The number of Topliss-reactive ketones (excluding diaryl/α,β-unsaturated/α-hetero) is 1. The number of hydrogen-bond acceptors (Lipinski definition) is 5. The number of anilines is 1. The third-order valence-corrected chi connectivity index (χ3v) is 3.98. The number of aromatic nitrogens is 2. The zero-order valence-electron chi connectivity index (χ0n) is 15.2. The number of carbonyl (C=O) groups is 3. The summed E-state index contributed by atoms with van der Waals surface area (Å²) < 4.78 is 0. The number of carbonyl (C=O) groups excluding carboxylic acids is 3. The van der Waals surface area contributed by atoms with Gasteiger partial charge in [0.2, 0.25) is 0 Å². The first-order chi connectivity index (χ1) is 13.5. The molecule has 3 aromatic rings. The first-order valence-corrected chi connectivity index (χ1v) is 8.58. The lowest BCUT2D eigenvalue weighted by atomic mass is 10.1. The third-order valence-electron chi connectivity index (χ3n) is 3.98. The maximum atomic E-state index is 12.5. The molecule has 0 aliphatic carbocycles. The van der Waals surface area contributed by atoms with Crippen LogP contribution < -0.4 is 10.6 Å². The molecule has 140 valence electrons. The summed E-state index contributed by atoms with van der Waals surface area (Å²) in [5.74, 6) is -0.876. The van der Waals surface area contributed by atoms with E-state index in [4.69, 9.17) is 0 Å². The van der Waals surface area contributed by atoms with Crippen LogP contribution in [-0.4, -0.2) is 27.6 Å². The molecule has 28 heavy (non-hydrogen) atoms. The number of ketones is 1. The summed E-state index contributed by atoms with van der Waals surface area (Å²) in [6, 6.07) is 13.2. The van der Waals surface area contributed by atoms with Crippen LogP contribution in [0.25, 0.3) is 0 Å². The molecule has 0 unspecified atom stereocenters. The summed E-state index contributed by atoms with van der Waals surface area (Å²) >= 11 is 0. The van der Waals surface area contributed by atoms with Gasteiger partial charge in [-0.3, -0.25) is 24.4 Å². The highest BCUT2D eigenvalue weighted by Crippen LogP contribution is 2.13. The normalized spacial score (nSPS) is 10.2. The van der Waals surface area contributed by atoms with Crippen LogP contribution >= 0.6 is 0 Å². The summed E-state index contributed by atoms with van der Waals surface area (Å²) in [6.45, 7) is 1.81. The van der Waals surface area contributed by atoms with Gasteiger partial charge in [0.15, 0.2) is 5.78 Å². The molecule has 0 spiro atoms. The molecule has 0 aliphatic heterocycles. The minimum absolute atomic E-state index is 0.0953. The zero-order chi connectivity index (χ0) is 19.9. The van der Waals surface area contributed by atoms with Crippen LogP contribution in [0.2, 0.25) is 0 Å². The standard InChI is InChI=1S/C21H18N4O3/c1-14(26)16-3-2-4-18(11-16)25-21(28)19-12-17(7-10-23-19)20(27)24-13-15-5-8-22-9-6-15/h2-12H,13H2,1H3,(H,24,27)(H,25,28). The summed E-state index contributed by atoms with van der Waals surface area (Å²) in [4.78, 5) is 44.2. The van der Waals surface area contributed by atoms with Crippen LogP contribution in [0.4, 0.5) is 5.69 Å². The van der Waals surface area contributed by atoms with Gasteiger partial charge in [0.25, 0.3) is 11.8 Å². The Kier molecular flexibility index (Phi) is 5.86. The maximum Gasteiger partial charge on any atom is 0.274 e. The van der Waals surface area contributed by atoms with E-state index in [0.29, 0.717) is 23.4 Å². The number of hydrogen-bond donors (Lipinski definition) is 2. The van der Waals surface area contributed by atoms with Crippen molar-refractivity contribution in [2.24, 2.45) is 0 Å². The quantitative estimate of drug-likeness (QED) is 0.646. The van der Waals surface area contributed by atoms with Crippen molar-refractivity contribution in [3.63, 3.8) is 0 Å². The molecule has 2 heterocycles. The Hall–Kier alpha value is -3.87. The van der Waals surface area contributed by atoms with E-state index < -0.39 is 5.91 Å². The fraction of sp³-hybridized carbons (Fsp3) is 0.0952. The lowest BCUT2D eigenvalue weighted by molar-refractivity contribution is 0.0949. The van der Waals surface area contributed by atoms with Crippen molar-refractivity contribution in [1.29, 1.82) is 0 Å². The number of nitrogens with one attached hydrogen (secondary N) is 2. The summed E-state index contributed by atoms with van der Waals surface area (Å²) in [7, 11) is 0. The average Bonchev–Trinajstić information content (AvgIpc) is 2.73. The molecule has 7 nitrogen and oxygen atoms in total. The number of rotatable bonds is 6. The average molecular weight is 374 g/mol. The second kappa shape index (κ2) is 8.68. The van der Waals surface area contributed by atoms with Crippen LogP contribution in [0.5, 0.6) is 0 Å². The highest BCUT2D eigenvalue weighted by atomic mass is 16.2. The van der Waals surface area contributed by atoms with Crippen LogP contribution in [0.15, 0.2) is 67.1 Å². The van der Waals surface area contributed by atoms with Crippen LogP contribution in [0.3, 0.4) is 0 Å². The first-order valence-electron chi connectivity index (χ1n) is 8.58. The van der Waals surface area contributed by atoms with E-state index in [2.05, 4.69) is 20.6 Å². The van der Waals surface area contributed by atoms with Gasteiger partial charge in [-0.05, 0) is 48.9 Å². The molecule has 0 bridgehead atoms. The predicted molar refractivity (Wildman–Crippen MR) is 104 cm³/mol. The maximum absolute atomic E-state index is 12.5. The van der Waals surface area contributed by atoms with Crippen LogP contribution in [0.1, 0.15) is 43.7 Å². The van der Waals surface area contributed by atoms with E-state index in [0.717, 1.165) is 5.56 Å². The summed E-state index contributed by atoms with van der Waals surface area (Å²) in [5.41, 5.74) is 2.32. The van der Waals surface area contributed by atoms with Crippen molar-refractivity contribution in [3.05, 3.63) is 89.5 Å². The van der Waals surface area contributed by atoms with Gasteiger partial charge in [0.1, 0.15) is 5.69 Å². The molecule has 2 amide bonds. The van der Waals surface area contributed by atoms with E-state index in [-0.39, 0.29) is 17.4 Å². The SMILES string of the molecule is CC(=O)c1cccc(NC(=O)c2cc(C(=O)NCc3ccncc3)ccn2)c1. The lowest BCUT2D eigenvalue weighted by Crippen LogP contribution is -2.23. The van der Waals surface area contributed by atoms with Gasteiger partial charge in [-0.1, -0.05) is 12.1 Å². The molecule has 0 atom stereocenters. The van der Waals surface area contributed by atoms with E-state index in [1.54, 1.807) is 48.8 Å². The van der Waals surface area contributed by atoms with Gasteiger partial charge in [-0.2, -0.15) is 0 Å². The van der Waals surface area contributed by atoms with Crippen molar-refractivity contribution in [2.75, 3.05) is 5.32 Å². The summed E-state index contributed by atoms with van der Waals surface area (Å²) in [6.07, 6.45) is 4.71. The van der Waals surface area contributed by atoms with Gasteiger partial charge >= 0.3 is 0 Å². The van der Waals surface area contributed by atoms with Crippen molar-refractivity contribution in [3.8, 4) is 0 Å². The Bertz CT molecular complexity index is 1020. The smallest absolute Gasteiger partial charge is 0.274 e. The highest BCUT2D eigenvalue weighted by Gasteiger charge is 2.13. The largest absolute Gasteiger partial charge is 0.348 e. The molecule has 2 N–H and O–H groups in total. The molecule has 0 aliphatic rings. The van der Waals surface area contributed by atoms with E-state index in [1.807, 2.05) is 0 Å². The van der Waals surface area contributed by atoms with E-state index >= 15 is 0 Å². The lowest BCUT2D eigenvalue weighted by Gasteiger charge is -2.08. The van der Waals surface area contributed by atoms with Gasteiger partial charge < -0.3 is 10.6 Å². The Morgan fingerprint density at radius 1 is 0.893 bits per heavy atom. The molecule has 7 heteroatoms. The summed E-state index contributed by atoms with van der Waals surface area (Å²) in [5, 5.41) is 5.47. The Balaban J connectivity index is 1.68. The fourth-order valence-electron chi connectivity index (χ4n) is 2.49. The Morgan fingerprint density at radius 2 is 1.68 bits per heavy atom. The molecule has 0 saturated heterocycles. The third kappa shape index (κ3) is 4.85. The van der Waals surface area contributed by atoms with Gasteiger partial charge in [-0.25, -0.2) is 0 Å². The molecular formula is C21H18N4O3. The number of pyridine rings is 2. The fourth-order valence-corrected chi connectivity index (χ4v) is 2.49. The molecule has 1 aromatic carbocycles. The van der Waals surface area contributed by atoms with E-state index in [1.165, 1.54) is 25.3 Å². The molecular weight excluding hydrogens is 356 g/mol. The van der Waals surface area contributed by atoms with Gasteiger partial charge in [0, 0.05) is 41.9 Å². The van der Waals surface area contributed by atoms with Gasteiger partial charge in [0.05, 0.1) is 0 Å². The molecule has 0 radical (unpaired) electrons. The predicted octanol–water partition coefficient (Wildman–Crippen LogP) is 2.86. The topological polar surface area (TPSA) is 101 Å². The molecule has 3 rings (SSSR count). The molecule has 0 fully saturated rings. The van der Waals surface area contributed by atoms with Crippen molar-refractivity contribution < 1.29 is 14.4 Å². The van der Waals surface area contributed by atoms with Gasteiger partial charge in [-0.15, -0.1) is 0 Å². The van der Waals surface area contributed by atoms with Crippen molar-refractivity contribution >= 4 is 23.3 Å². The minimum Gasteiger partial charge on any atom is -0.348 e. The van der Waals surface area contributed by atoms with Crippen molar-refractivity contribution in [2.45, 2.75) is 13.5 Å².